The van der Waals surface area contributed by atoms with Crippen molar-refractivity contribution in [3.8, 4) is 11.5 Å². The molecular formula is C21H23Br2N3O4S. The van der Waals surface area contributed by atoms with Gasteiger partial charge in [-0.3, -0.25) is 25.8 Å². The van der Waals surface area contributed by atoms with Crippen LogP contribution in [-0.2, 0) is 4.79 Å². The fourth-order valence-electron chi connectivity index (χ4n) is 2.35. The van der Waals surface area contributed by atoms with E-state index >= 15 is 0 Å². The Balaban J connectivity index is 1.83. The summed E-state index contributed by atoms with van der Waals surface area (Å²) in [4.78, 5) is 24.6. The lowest BCUT2D eigenvalue weighted by molar-refractivity contribution is -0.123. The Hall–Kier alpha value is -2.17. The van der Waals surface area contributed by atoms with Crippen molar-refractivity contribution in [2.75, 3.05) is 13.2 Å². The zero-order chi connectivity index (χ0) is 22.8. The molecule has 0 bridgehead atoms. The highest BCUT2D eigenvalue weighted by atomic mass is 79.9. The Bertz CT molecular complexity index is 956. The van der Waals surface area contributed by atoms with E-state index in [0.29, 0.717) is 23.7 Å². The number of carbonyl (C=O) groups excluding carboxylic acids is 2. The third kappa shape index (κ3) is 8.47. The molecule has 0 aliphatic heterocycles. The van der Waals surface area contributed by atoms with Gasteiger partial charge in [0.25, 0.3) is 11.8 Å². The van der Waals surface area contributed by atoms with Crippen LogP contribution in [0.1, 0.15) is 35.7 Å². The molecule has 0 atom stereocenters. The van der Waals surface area contributed by atoms with Crippen LogP contribution in [0.2, 0.25) is 0 Å². The van der Waals surface area contributed by atoms with Crippen molar-refractivity contribution in [2.45, 2.75) is 26.7 Å². The van der Waals surface area contributed by atoms with E-state index in [2.05, 4.69) is 55.0 Å². The van der Waals surface area contributed by atoms with E-state index < -0.39 is 11.8 Å². The van der Waals surface area contributed by atoms with Crippen molar-refractivity contribution in [1.82, 2.24) is 16.2 Å². The Morgan fingerprint density at radius 1 is 1.06 bits per heavy atom. The molecule has 0 aliphatic carbocycles. The lowest BCUT2D eigenvalue weighted by atomic mass is 10.2. The van der Waals surface area contributed by atoms with Gasteiger partial charge in [0.2, 0.25) is 0 Å². The molecule has 0 fully saturated rings. The lowest BCUT2D eigenvalue weighted by Crippen LogP contribution is -2.49. The number of hydrogen-bond donors (Lipinski definition) is 3. The Kier molecular flexibility index (Phi) is 10.2. The predicted octanol–water partition coefficient (Wildman–Crippen LogP) is 4.41. The van der Waals surface area contributed by atoms with Gasteiger partial charge in [0.15, 0.2) is 11.7 Å². The fraction of sp³-hybridized carbons (Fsp3) is 0.286. The highest BCUT2D eigenvalue weighted by molar-refractivity contribution is 9.10. The topological polar surface area (TPSA) is 88.7 Å². The van der Waals surface area contributed by atoms with E-state index in [4.69, 9.17) is 21.7 Å². The Morgan fingerprint density at radius 2 is 1.84 bits per heavy atom. The first-order valence-corrected chi connectivity index (χ1v) is 11.5. The minimum atomic E-state index is -0.457. The van der Waals surface area contributed by atoms with Gasteiger partial charge in [0.05, 0.1) is 12.2 Å². The van der Waals surface area contributed by atoms with Crippen LogP contribution in [0.15, 0.2) is 45.3 Å². The van der Waals surface area contributed by atoms with Gasteiger partial charge in [-0.1, -0.05) is 45.2 Å². The second-order valence-corrected chi connectivity index (χ2v) is 8.68. The van der Waals surface area contributed by atoms with Crippen LogP contribution in [0.3, 0.4) is 0 Å². The maximum absolute atomic E-state index is 12.6. The van der Waals surface area contributed by atoms with Crippen LogP contribution in [0.25, 0.3) is 0 Å². The molecule has 2 rings (SSSR count). The average Bonchev–Trinajstić information content (AvgIpc) is 2.74. The standard InChI is InChI=1S/C21H23Br2N3O4S/c1-3-4-9-29-18-8-5-14(22)11-16(18)20(28)24-21(31)26-25-19(27)12-30-15-6-7-17(23)13(2)10-15/h5-8,10-11H,3-4,9,12H2,1-2H3,(H,25,27)(H2,24,26,28,31). The summed E-state index contributed by atoms with van der Waals surface area (Å²) in [6.45, 7) is 4.27. The van der Waals surface area contributed by atoms with Gasteiger partial charge in [0, 0.05) is 8.95 Å². The third-order valence-electron chi connectivity index (χ3n) is 3.98. The van der Waals surface area contributed by atoms with E-state index in [0.717, 1.165) is 27.4 Å². The number of amides is 2. The van der Waals surface area contributed by atoms with Crippen molar-refractivity contribution in [3.05, 3.63) is 56.5 Å². The number of hydrazine groups is 1. The quantitative estimate of drug-likeness (QED) is 0.247. The number of thiocarbonyl (C=S) groups is 1. The summed E-state index contributed by atoms with van der Waals surface area (Å²) >= 11 is 11.8. The second kappa shape index (κ2) is 12.6. The average molecular weight is 573 g/mol. The van der Waals surface area contributed by atoms with Gasteiger partial charge < -0.3 is 9.47 Å². The summed E-state index contributed by atoms with van der Waals surface area (Å²) in [5, 5.41) is 2.46. The third-order valence-corrected chi connectivity index (χ3v) is 5.57. The monoisotopic (exact) mass is 571 g/mol. The molecular weight excluding hydrogens is 550 g/mol. The molecule has 0 unspecified atom stereocenters. The number of aryl methyl sites for hydroxylation is 1. The molecule has 3 N–H and O–H groups in total. The molecule has 166 valence electrons. The van der Waals surface area contributed by atoms with Crippen LogP contribution < -0.4 is 25.6 Å². The van der Waals surface area contributed by atoms with E-state index in [1.54, 1.807) is 24.3 Å². The number of halogens is 2. The first-order valence-electron chi connectivity index (χ1n) is 9.51. The number of nitrogens with one attached hydrogen (secondary N) is 3. The summed E-state index contributed by atoms with van der Waals surface area (Å²) in [7, 11) is 0. The van der Waals surface area contributed by atoms with E-state index in [9.17, 15) is 9.59 Å². The van der Waals surface area contributed by atoms with E-state index in [1.807, 2.05) is 19.1 Å². The van der Waals surface area contributed by atoms with Crippen LogP contribution in [0, 0.1) is 6.92 Å². The number of unbranched alkanes of at least 4 members (excludes halogenated alkanes) is 1. The summed E-state index contributed by atoms with van der Waals surface area (Å²) in [6, 6.07) is 10.6. The Labute approximate surface area is 203 Å². The molecule has 0 saturated heterocycles. The molecule has 7 nitrogen and oxygen atoms in total. The van der Waals surface area contributed by atoms with Gasteiger partial charge in [0.1, 0.15) is 11.5 Å². The Morgan fingerprint density at radius 3 is 2.55 bits per heavy atom. The molecule has 0 aliphatic rings. The SMILES string of the molecule is CCCCOc1ccc(Br)cc1C(=O)NC(=S)NNC(=O)COc1ccc(Br)c(C)c1. The zero-order valence-electron chi connectivity index (χ0n) is 17.1. The fourth-order valence-corrected chi connectivity index (χ4v) is 3.10. The molecule has 10 heteroatoms. The smallest absolute Gasteiger partial charge is 0.276 e. The highest BCUT2D eigenvalue weighted by Crippen LogP contribution is 2.24. The number of carbonyl (C=O) groups is 2. The summed E-state index contributed by atoms with van der Waals surface area (Å²) < 4.78 is 12.8. The molecule has 2 aromatic carbocycles. The molecule has 0 saturated carbocycles. The lowest BCUT2D eigenvalue weighted by Gasteiger charge is -2.14. The first-order chi connectivity index (χ1) is 14.8. The summed E-state index contributed by atoms with van der Waals surface area (Å²) in [6.07, 6.45) is 1.86. The van der Waals surface area contributed by atoms with E-state index in [-0.39, 0.29) is 11.7 Å². The number of benzene rings is 2. The van der Waals surface area contributed by atoms with Gasteiger partial charge in [-0.15, -0.1) is 0 Å². The molecule has 2 amide bonds. The molecule has 2 aromatic rings. The number of rotatable bonds is 8. The summed E-state index contributed by atoms with van der Waals surface area (Å²) in [5.41, 5.74) is 6.19. The maximum Gasteiger partial charge on any atom is 0.276 e. The highest BCUT2D eigenvalue weighted by Gasteiger charge is 2.15. The molecule has 0 aromatic heterocycles. The van der Waals surface area contributed by atoms with Crippen molar-refractivity contribution in [1.29, 1.82) is 0 Å². The molecule has 31 heavy (non-hydrogen) atoms. The van der Waals surface area contributed by atoms with Crippen molar-refractivity contribution in [2.24, 2.45) is 0 Å². The van der Waals surface area contributed by atoms with Crippen molar-refractivity contribution in [3.63, 3.8) is 0 Å². The predicted molar refractivity (Wildman–Crippen MR) is 130 cm³/mol. The molecule has 0 radical (unpaired) electrons. The number of ether oxygens (including phenoxy) is 2. The van der Waals surface area contributed by atoms with Crippen LogP contribution >= 0.6 is 44.1 Å². The van der Waals surface area contributed by atoms with Gasteiger partial charge >= 0.3 is 0 Å². The summed E-state index contributed by atoms with van der Waals surface area (Å²) in [5.74, 6) is 0.112. The van der Waals surface area contributed by atoms with Gasteiger partial charge in [-0.2, -0.15) is 0 Å². The normalized spacial score (nSPS) is 10.2. The van der Waals surface area contributed by atoms with Gasteiger partial charge in [-0.25, -0.2) is 0 Å². The van der Waals surface area contributed by atoms with Crippen LogP contribution in [0.4, 0.5) is 0 Å². The van der Waals surface area contributed by atoms with Crippen LogP contribution in [-0.4, -0.2) is 30.1 Å². The van der Waals surface area contributed by atoms with Gasteiger partial charge in [-0.05, 0) is 67.5 Å². The van der Waals surface area contributed by atoms with Crippen LogP contribution in [0.5, 0.6) is 11.5 Å². The first kappa shape index (κ1) is 25.1. The second-order valence-electron chi connectivity index (χ2n) is 6.50. The largest absolute Gasteiger partial charge is 0.493 e. The molecule has 0 heterocycles. The number of hydrogen-bond acceptors (Lipinski definition) is 5. The maximum atomic E-state index is 12.6. The minimum absolute atomic E-state index is 0.0580. The van der Waals surface area contributed by atoms with Crippen molar-refractivity contribution >= 4 is 61.0 Å². The minimum Gasteiger partial charge on any atom is -0.493 e. The molecule has 0 spiro atoms. The van der Waals surface area contributed by atoms with Crippen molar-refractivity contribution < 1.29 is 19.1 Å². The van der Waals surface area contributed by atoms with E-state index in [1.165, 1.54) is 0 Å². The zero-order valence-corrected chi connectivity index (χ0v) is 21.1.